The molecule has 3 rings (SSSR count). The van der Waals surface area contributed by atoms with Gasteiger partial charge in [-0.25, -0.2) is 0 Å². The lowest BCUT2D eigenvalue weighted by Crippen LogP contribution is -2.56. The van der Waals surface area contributed by atoms with Gasteiger partial charge in [-0.1, -0.05) is 42.5 Å². The van der Waals surface area contributed by atoms with Crippen molar-refractivity contribution in [2.75, 3.05) is 13.7 Å². The number of carbonyl (C=O) groups is 3. The summed E-state index contributed by atoms with van der Waals surface area (Å²) in [4.78, 5) is 37.7. The molecule has 34 heavy (non-hydrogen) atoms. The molecule has 10 heteroatoms. The largest absolute Gasteiger partial charge is 0.497 e. The molecule has 2 amide bonds. The van der Waals surface area contributed by atoms with Crippen molar-refractivity contribution in [2.45, 2.75) is 43.6 Å². The molecule has 0 aliphatic carbocycles. The second-order valence-corrected chi connectivity index (χ2v) is 8.21. The van der Waals surface area contributed by atoms with Gasteiger partial charge in [0.25, 0.3) is 0 Å². The van der Waals surface area contributed by atoms with Crippen LogP contribution in [0.3, 0.4) is 0 Å². The van der Waals surface area contributed by atoms with Gasteiger partial charge >= 0.3 is 12.1 Å². The average Bonchev–Trinajstić information content (AvgIpc) is 3.56. The lowest BCUT2D eigenvalue weighted by Gasteiger charge is -2.24. The summed E-state index contributed by atoms with van der Waals surface area (Å²) in [6.45, 7) is 1.77. The summed E-state index contributed by atoms with van der Waals surface area (Å²) < 4.78 is 49.0. The highest BCUT2D eigenvalue weighted by Crippen LogP contribution is 2.29. The van der Waals surface area contributed by atoms with Crippen LogP contribution >= 0.6 is 0 Å². The SMILES string of the molecule is COc1ccc(C[C@H](NC(=O)C(F)(F)F)C(=O)N[C@@H](Cc2ccccc2)C(=O)[C@@]2(C)CO2)cc1. The third-order valence-corrected chi connectivity index (χ3v) is 5.49. The van der Waals surface area contributed by atoms with Gasteiger partial charge in [-0.3, -0.25) is 14.4 Å². The van der Waals surface area contributed by atoms with Crippen LogP contribution in [0.15, 0.2) is 54.6 Å². The number of carbonyl (C=O) groups excluding carboxylic acids is 3. The number of rotatable bonds is 10. The number of amides is 2. The summed E-state index contributed by atoms with van der Waals surface area (Å²) in [7, 11) is 1.46. The molecule has 1 fully saturated rings. The van der Waals surface area contributed by atoms with Gasteiger partial charge in [-0.05, 0) is 36.6 Å². The maximum Gasteiger partial charge on any atom is 0.471 e. The summed E-state index contributed by atoms with van der Waals surface area (Å²) in [5.74, 6) is -3.03. The van der Waals surface area contributed by atoms with E-state index in [0.717, 1.165) is 5.56 Å². The van der Waals surface area contributed by atoms with Crippen LogP contribution in [0.5, 0.6) is 5.75 Å². The predicted octanol–water partition coefficient (Wildman–Crippen LogP) is 2.37. The lowest BCUT2D eigenvalue weighted by molar-refractivity contribution is -0.174. The second kappa shape index (κ2) is 10.3. The maximum absolute atomic E-state index is 13.1. The molecule has 1 aliphatic rings. The normalized spacial score (nSPS) is 19.0. The van der Waals surface area contributed by atoms with Gasteiger partial charge in [-0.15, -0.1) is 0 Å². The molecule has 0 spiro atoms. The first-order valence-electron chi connectivity index (χ1n) is 10.5. The van der Waals surface area contributed by atoms with Crippen molar-refractivity contribution in [3.8, 4) is 5.75 Å². The van der Waals surface area contributed by atoms with Crippen LogP contribution in [-0.2, 0) is 32.0 Å². The van der Waals surface area contributed by atoms with E-state index >= 15 is 0 Å². The monoisotopic (exact) mass is 478 g/mol. The van der Waals surface area contributed by atoms with Gasteiger partial charge in [0.2, 0.25) is 5.91 Å². The number of halogens is 3. The van der Waals surface area contributed by atoms with Crippen LogP contribution < -0.4 is 15.4 Å². The number of alkyl halides is 3. The van der Waals surface area contributed by atoms with Crippen LogP contribution in [0.2, 0.25) is 0 Å². The Morgan fingerprint density at radius 2 is 1.53 bits per heavy atom. The van der Waals surface area contributed by atoms with E-state index in [4.69, 9.17) is 9.47 Å². The first-order chi connectivity index (χ1) is 16.0. The van der Waals surface area contributed by atoms with E-state index in [2.05, 4.69) is 5.32 Å². The standard InChI is InChI=1S/C24H25F3N2O5/c1-23(14-34-23)20(30)18(12-15-6-4-3-5-7-15)28-21(31)19(29-22(32)24(25,26)27)13-16-8-10-17(33-2)11-9-16/h3-11,18-19H,12-14H2,1-2H3,(H,28,31)(H,29,32)/t18-,19-,23+/m0/s1. The Hall–Kier alpha value is -3.40. The fourth-order valence-corrected chi connectivity index (χ4v) is 3.40. The third kappa shape index (κ3) is 6.57. The fraction of sp³-hybridized carbons (Fsp3) is 0.375. The average molecular weight is 478 g/mol. The number of hydrogen-bond acceptors (Lipinski definition) is 5. The number of ketones is 1. The van der Waals surface area contributed by atoms with Gasteiger partial charge in [0, 0.05) is 6.42 Å². The minimum absolute atomic E-state index is 0.118. The zero-order chi connectivity index (χ0) is 24.9. The van der Waals surface area contributed by atoms with E-state index in [0.29, 0.717) is 11.3 Å². The molecule has 1 aliphatic heterocycles. The highest BCUT2D eigenvalue weighted by Gasteiger charge is 2.50. The summed E-state index contributed by atoms with van der Waals surface area (Å²) in [6.07, 6.45) is -5.28. The van der Waals surface area contributed by atoms with E-state index in [9.17, 15) is 27.6 Å². The highest BCUT2D eigenvalue weighted by atomic mass is 19.4. The Balaban J connectivity index is 1.82. The van der Waals surface area contributed by atoms with E-state index in [1.165, 1.54) is 7.11 Å². The summed E-state index contributed by atoms with van der Waals surface area (Å²) in [5.41, 5.74) is 0.177. The van der Waals surface area contributed by atoms with Crippen molar-refractivity contribution in [1.82, 2.24) is 10.6 Å². The quantitative estimate of drug-likeness (QED) is 0.511. The lowest BCUT2D eigenvalue weighted by atomic mass is 9.94. The fourth-order valence-electron chi connectivity index (χ4n) is 3.40. The molecule has 2 aromatic carbocycles. The Labute approximate surface area is 194 Å². The zero-order valence-electron chi connectivity index (χ0n) is 18.6. The first-order valence-corrected chi connectivity index (χ1v) is 10.5. The Kier molecular flexibility index (Phi) is 7.61. The number of hydrogen-bond donors (Lipinski definition) is 2. The molecule has 0 aromatic heterocycles. The summed E-state index contributed by atoms with van der Waals surface area (Å²) in [6, 6.07) is 12.6. The first kappa shape index (κ1) is 25.2. The van der Waals surface area contributed by atoms with Crippen molar-refractivity contribution in [1.29, 1.82) is 0 Å². The summed E-state index contributed by atoms with van der Waals surface area (Å²) >= 11 is 0. The Morgan fingerprint density at radius 3 is 2.06 bits per heavy atom. The van der Waals surface area contributed by atoms with Gasteiger partial charge < -0.3 is 20.1 Å². The molecule has 2 N–H and O–H groups in total. The van der Waals surface area contributed by atoms with Crippen molar-refractivity contribution >= 4 is 17.6 Å². The third-order valence-electron chi connectivity index (χ3n) is 5.49. The minimum Gasteiger partial charge on any atom is -0.497 e. The van der Waals surface area contributed by atoms with Crippen LogP contribution in [0.1, 0.15) is 18.1 Å². The Bertz CT molecular complexity index is 1020. The topological polar surface area (TPSA) is 97.0 Å². The predicted molar refractivity (Wildman–Crippen MR) is 116 cm³/mol. The molecular formula is C24H25F3N2O5. The molecule has 0 bridgehead atoms. The van der Waals surface area contributed by atoms with Gasteiger partial charge in [0.05, 0.1) is 19.8 Å². The Morgan fingerprint density at radius 1 is 0.971 bits per heavy atom. The molecule has 1 heterocycles. The number of methoxy groups -OCH3 is 1. The number of nitrogens with one attached hydrogen (secondary N) is 2. The highest BCUT2D eigenvalue weighted by molar-refractivity contribution is 5.98. The molecule has 1 saturated heterocycles. The second-order valence-electron chi connectivity index (χ2n) is 8.21. The van der Waals surface area contributed by atoms with Gasteiger partial charge in [-0.2, -0.15) is 13.2 Å². The molecule has 182 valence electrons. The number of benzene rings is 2. The number of ether oxygens (including phenoxy) is 2. The van der Waals surface area contributed by atoms with Crippen molar-refractivity contribution in [2.24, 2.45) is 0 Å². The smallest absolute Gasteiger partial charge is 0.471 e. The van der Waals surface area contributed by atoms with E-state index in [-0.39, 0.29) is 19.4 Å². The van der Waals surface area contributed by atoms with E-state index < -0.39 is 41.5 Å². The molecule has 7 nitrogen and oxygen atoms in total. The van der Waals surface area contributed by atoms with Gasteiger partial charge in [0.15, 0.2) is 5.78 Å². The van der Waals surface area contributed by atoms with Crippen LogP contribution in [0, 0.1) is 0 Å². The molecule has 0 saturated carbocycles. The van der Waals surface area contributed by atoms with Crippen LogP contribution in [0.4, 0.5) is 13.2 Å². The molecule has 2 aromatic rings. The number of Topliss-reactive ketones (excluding diaryl/α,β-unsaturated/α-hetero) is 1. The summed E-state index contributed by atoms with van der Waals surface area (Å²) in [5, 5.41) is 4.28. The molecule has 0 radical (unpaired) electrons. The minimum atomic E-state index is -5.17. The van der Waals surface area contributed by atoms with Crippen molar-refractivity contribution in [3.05, 3.63) is 65.7 Å². The van der Waals surface area contributed by atoms with Crippen molar-refractivity contribution < 1.29 is 37.0 Å². The van der Waals surface area contributed by atoms with Crippen molar-refractivity contribution in [3.63, 3.8) is 0 Å². The number of epoxide rings is 1. The maximum atomic E-state index is 13.1. The zero-order valence-corrected chi connectivity index (χ0v) is 18.6. The van der Waals surface area contributed by atoms with E-state index in [1.807, 2.05) is 0 Å². The van der Waals surface area contributed by atoms with E-state index in [1.54, 1.807) is 66.8 Å². The molecule has 0 unspecified atom stereocenters. The van der Waals surface area contributed by atoms with Gasteiger partial charge in [0.1, 0.15) is 17.4 Å². The molecule has 3 atom stereocenters. The van der Waals surface area contributed by atoms with Crippen LogP contribution in [0.25, 0.3) is 0 Å². The van der Waals surface area contributed by atoms with Crippen LogP contribution in [-0.4, -0.2) is 55.2 Å². The molecular weight excluding hydrogens is 453 g/mol.